The number of nitrogens with zero attached hydrogens (tertiary/aromatic N) is 4. The van der Waals surface area contributed by atoms with Gasteiger partial charge in [0.25, 0.3) is 5.91 Å². The minimum Gasteiger partial charge on any atom is -0.380 e. The number of H-pyrrole nitrogens is 2. The maximum absolute atomic E-state index is 12.9. The Morgan fingerprint density at radius 3 is 2.73 bits per heavy atom. The first-order valence-corrected chi connectivity index (χ1v) is 11.2. The first-order valence-electron chi connectivity index (χ1n) is 11.2. The van der Waals surface area contributed by atoms with Gasteiger partial charge in [0.1, 0.15) is 5.82 Å². The van der Waals surface area contributed by atoms with Crippen LogP contribution in [-0.4, -0.2) is 56.2 Å². The number of likely N-dealkylation sites (tertiary alicyclic amines) is 1. The van der Waals surface area contributed by atoms with E-state index in [-0.39, 0.29) is 5.91 Å². The van der Waals surface area contributed by atoms with Gasteiger partial charge in [0.05, 0.1) is 18.5 Å². The van der Waals surface area contributed by atoms with E-state index < -0.39 is 0 Å². The summed E-state index contributed by atoms with van der Waals surface area (Å²) in [6.45, 7) is 2.56. The van der Waals surface area contributed by atoms with Gasteiger partial charge in [-0.15, -0.1) is 0 Å². The fourth-order valence-corrected chi connectivity index (χ4v) is 4.31. The summed E-state index contributed by atoms with van der Waals surface area (Å²) in [5.74, 6) is 2.02. The van der Waals surface area contributed by atoms with Crippen LogP contribution in [0.15, 0.2) is 48.8 Å². The summed E-state index contributed by atoms with van der Waals surface area (Å²) in [6.07, 6.45) is 5.31. The number of amides is 1. The van der Waals surface area contributed by atoms with Gasteiger partial charge in [0.2, 0.25) is 0 Å². The number of imidazole rings is 1. The van der Waals surface area contributed by atoms with E-state index in [0.29, 0.717) is 19.1 Å². The smallest absolute Gasteiger partial charge is 0.253 e. The van der Waals surface area contributed by atoms with Gasteiger partial charge in [-0.2, -0.15) is 5.10 Å². The Hall–Kier alpha value is -3.72. The highest BCUT2D eigenvalue weighted by Crippen LogP contribution is 2.30. The molecule has 1 amide bonds. The summed E-state index contributed by atoms with van der Waals surface area (Å²) in [5, 5.41) is 11.6. The van der Waals surface area contributed by atoms with Crippen LogP contribution < -0.4 is 5.32 Å². The first kappa shape index (κ1) is 21.1. The number of fused-ring (bicyclic) bond motifs is 1. The lowest BCUT2D eigenvalue weighted by atomic mass is 9.92. The number of nitrogens with one attached hydrogen (secondary N) is 3. The van der Waals surface area contributed by atoms with Crippen molar-refractivity contribution in [1.29, 1.82) is 0 Å². The van der Waals surface area contributed by atoms with E-state index in [4.69, 9.17) is 9.72 Å². The summed E-state index contributed by atoms with van der Waals surface area (Å²) >= 11 is 0. The zero-order valence-electron chi connectivity index (χ0n) is 18.5. The van der Waals surface area contributed by atoms with Gasteiger partial charge in [-0.1, -0.05) is 12.1 Å². The molecule has 0 unspecified atom stereocenters. The molecule has 0 bridgehead atoms. The highest BCUT2D eigenvalue weighted by Gasteiger charge is 2.25. The van der Waals surface area contributed by atoms with Gasteiger partial charge < -0.3 is 19.9 Å². The Kier molecular flexibility index (Phi) is 6.03. The molecule has 1 aromatic carbocycles. The zero-order chi connectivity index (χ0) is 22.6. The Morgan fingerprint density at radius 1 is 1.18 bits per heavy atom. The summed E-state index contributed by atoms with van der Waals surface area (Å²) in [7, 11) is 1.67. The number of piperidine rings is 1. The largest absolute Gasteiger partial charge is 0.380 e. The van der Waals surface area contributed by atoms with Crippen LogP contribution in [0.25, 0.3) is 11.0 Å². The number of aromatic amines is 2. The van der Waals surface area contributed by atoms with E-state index in [0.717, 1.165) is 65.4 Å². The maximum atomic E-state index is 12.9. The fourth-order valence-electron chi connectivity index (χ4n) is 4.31. The van der Waals surface area contributed by atoms with Gasteiger partial charge in [0.15, 0.2) is 11.5 Å². The molecular formula is C24H27N7O2. The number of pyridine rings is 1. The Balaban J connectivity index is 1.20. The van der Waals surface area contributed by atoms with Crippen LogP contribution in [0.5, 0.6) is 0 Å². The minimum atomic E-state index is 0.0849. The predicted octanol–water partition coefficient (Wildman–Crippen LogP) is 3.46. The molecule has 1 aliphatic heterocycles. The standard InChI is InChI=1S/C24H27N7O2/c1-33-15-16-2-4-18(5-3-16)24(32)31-12-8-17(9-13-31)20-7-6-19-22(29-30-23(19)28-20)27-14-21-25-10-11-26-21/h2-7,10-11,17H,8-9,12-15H2,1H3,(H,25,26)(H2,27,28,29,30). The average molecular weight is 446 g/mol. The molecule has 0 saturated carbocycles. The predicted molar refractivity (Wildman–Crippen MR) is 125 cm³/mol. The van der Waals surface area contributed by atoms with Crippen LogP contribution in [0.2, 0.25) is 0 Å². The first-order chi connectivity index (χ1) is 16.2. The van der Waals surface area contributed by atoms with E-state index in [9.17, 15) is 4.79 Å². The summed E-state index contributed by atoms with van der Waals surface area (Å²) < 4.78 is 5.14. The van der Waals surface area contributed by atoms with E-state index in [1.807, 2.05) is 29.2 Å². The lowest BCUT2D eigenvalue weighted by Crippen LogP contribution is -2.38. The Morgan fingerprint density at radius 2 is 2.00 bits per heavy atom. The second kappa shape index (κ2) is 9.41. The lowest BCUT2D eigenvalue weighted by molar-refractivity contribution is 0.0712. The molecule has 5 rings (SSSR count). The highest BCUT2D eigenvalue weighted by atomic mass is 16.5. The molecule has 170 valence electrons. The third-order valence-corrected chi connectivity index (χ3v) is 6.14. The van der Waals surface area contributed by atoms with E-state index >= 15 is 0 Å². The van der Waals surface area contributed by atoms with Gasteiger partial charge in [-0.05, 0) is 42.7 Å². The van der Waals surface area contributed by atoms with Crippen LogP contribution in [0.4, 0.5) is 5.82 Å². The number of hydrogen-bond acceptors (Lipinski definition) is 6. The van der Waals surface area contributed by atoms with Crippen LogP contribution in [0.3, 0.4) is 0 Å². The Labute approximate surface area is 191 Å². The van der Waals surface area contributed by atoms with Crippen molar-refractivity contribution < 1.29 is 9.53 Å². The third-order valence-electron chi connectivity index (χ3n) is 6.14. The number of benzene rings is 1. The normalized spacial score (nSPS) is 14.6. The van der Waals surface area contributed by atoms with Crippen LogP contribution >= 0.6 is 0 Å². The topological polar surface area (TPSA) is 112 Å². The number of ether oxygens (including phenoxy) is 1. The van der Waals surface area contributed by atoms with Gasteiger partial charge in [0, 0.05) is 49.8 Å². The van der Waals surface area contributed by atoms with Crippen LogP contribution in [0, 0.1) is 0 Å². The van der Waals surface area contributed by atoms with Crippen molar-refractivity contribution in [3.63, 3.8) is 0 Å². The second-order valence-electron chi connectivity index (χ2n) is 8.29. The number of aromatic nitrogens is 5. The fraction of sp³-hybridized carbons (Fsp3) is 0.333. The molecule has 3 aromatic heterocycles. The molecule has 3 N–H and O–H groups in total. The molecule has 9 heteroatoms. The van der Waals surface area contributed by atoms with Crippen LogP contribution in [0.1, 0.15) is 46.2 Å². The van der Waals surface area contributed by atoms with Crippen molar-refractivity contribution in [3.05, 3.63) is 71.4 Å². The molecule has 0 aliphatic carbocycles. The van der Waals surface area contributed by atoms with Crippen molar-refractivity contribution in [3.8, 4) is 0 Å². The van der Waals surface area contributed by atoms with E-state index in [1.54, 1.807) is 19.5 Å². The van der Waals surface area contributed by atoms with E-state index in [2.05, 4.69) is 37.6 Å². The van der Waals surface area contributed by atoms with E-state index in [1.165, 1.54) is 0 Å². The van der Waals surface area contributed by atoms with Gasteiger partial charge in [-0.25, -0.2) is 9.97 Å². The molecule has 4 aromatic rings. The average Bonchev–Trinajstić information content (AvgIpc) is 3.52. The van der Waals surface area contributed by atoms with Crippen LogP contribution in [-0.2, 0) is 17.9 Å². The molecule has 0 atom stereocenters. The van der Waals surface area contributed by atoms with Gasteiger partial charge >= 0.3 is 0 Å². The third kappa shape index (κ3) is 4.58. The quantitative estimate of drug-likeness (QED) is 0.402. The van der Waals surface area contributed by atoms with Gasteiger partial charge in [-0.3, -0.25) is 9.89 Å². The Bertz CT molecular complexity index is 1210. The molecule has 1 fully saturated rings. The number of anilines is 1. The molecule has 9 nitrogen and oxygen atoms in total. The molecule has 1 saturated heterocycles. The number of methoxy groups -OCH3 is 1. The maximum Gasteiger partial charge on any atom is 0.253 e. The molecule has 33 heavy (non-hydrogen) atoms. The molecule has 1 aliphatic rings. The lowest BCUT2D eigenvalue weighted by Gasteiger charge is -2.32. The summed E-state index contributed by atoms with van der Waals surface area (Å²) in [5.41, 5.74) is 3.59. The monoisotopic (exact) mass is 445 g/mol. The molecular weight excluding hydrogens is 418 g/mol. The number of carbonyl (C=O) groups excluding carboxylic acids is 1. The zero-order valence-corrected chi connectivity index (χ0v) is 18.5. The summed E-state index contributed by atoms with van der Waals surface area (Å²) in [6, 6.07) is 11.8. The number of rotatable bonds is 7. The molecule has 0 radical (unpaired) electrons. The van der Waals surface area contributed by atoms with Crippen molar-refractivity contribution >= 4 is 22.8 Å². The van der Waals surface area contributed by atoms with Crippen molar-refractivity contribution in [2.75, 3.05) is 25.5 Å². The van der Waals surface area contributed by atoms with Crippen molar-refractivity contribution in [1.82, 2.24) is 30.0 Å². The second-order valence-corrected chi connectivity index (χ2v) is 8.29. The number of hydrogen-bond donors (Lipinski definition) is 3. The number of carbonyl (C=O) groups is 1. The SMILES string of the molecule is COCc1ccc(C(=O)N2CCC(c3ccc4c(NCc5ncc[nH]5)n[nH]c4n3)CC2)cc1. The molecule has 4 heterocycles. The highest BCUT2D eigenvalue weighted by molar-refractivity contribution is 5.94. The van der Waals surface area contributed by atoms with Crippen molar-refractivity contribution in [2.45, 2.75) is 31.9 Å². The summed E-state index contributed by atoms with van der Waals surface area (Å²) in [4.78, 5) is 26.9. The van der Waals surface area contributed by atoms with Crippen molar-refractivity contribution in [2.24, 2.45) is 0 Å². The minimum absolute atomic E-state index is 0.0849. The molecule has 0 spiro atoms.